The standard InChI is InChI=1S/C56H100N2O5/c1-7-8-9-10-11-12-13-14-15-16-17-18-19-20-21-25-39-60-44-49(43-58-37-23-22-24-38-58)61-40-41-62-53(59)63-48-31-34-54(5)47(42-48)29-30-50-51(54)32-35-55(6)52(50)33-36-56(55,57)46(4)28-26-27-45(2)3/h14-15,29,45-46,48-52H,7-13,16-28,30-44,57H2,1-6H3/b15-14-/t46?,48?,49?,50-,51+,52+,54+,55+,56+/m1/s1. The second-order valence-electron chi connectivity index (χ2n) is 22.5. The van der Waals surface area contributed by atoms with Gasteiger partial charge in [-0.3, -0.25) is 0 Å². The van der Waals surface area contributed by atoms with Crippen LogP contribution < -0.4 is 5.73 Å². The predicted molar refractivity (Wildman–Crippen MR) is 263 cm³/mol. The van der Waals surface area contributed by atoms with Crippen LogP contribution in [0.5, 0.6) is 0 Å². The molecule has 0 spiro atoms. The summed E-state index contributed by atoms with van der Waals surface area (Å²) in [6, 6.07) is 0. The van der Waals surface area contributed by atoms with E-state index >= 15 is 0 Å². The molecule has 1 heterocycles. The summed E-state index contributed by atoms with van der Waals surface area (Å²) in [4.78, 5) is 15.5. The molecule has 3 saturated carbocycles. The zero-order valence-corrected chi connectivity index (χ0v) is 42.1. The van der Waals surface area contributed by atoms with Gasteiger partial charge in [-0.15, -0.1) is 0 Å². The van der Waals surface area contributed by atoms with Crippen LogP contribution in [0.25, 0.3) is 0 Å². The number of fused-ring (bicyclic) bond motifs is 5. The molecular weight excluding hydrogens is 781 g/mol. The van der Waals surface area contributed by atoms with Gasteiger partial charge in [0.2, 0.25) is 0 Å². The highest BCUT2D eigenvalue weighted by Crippen LogP contribution is 2.68. The van der Waals surface area contributed by atoms with Crippen molar-refractivity contribution in [2.45, 2.75) is 239 Å². The third kappa shape index (κ3) is 15.6. The van der Waals surface area contributed by atoms with Crippen molar-refractivity contribution in [2.75, 3.05) is 46.1 Å². The zero-order chi connectivity index (χ0) is 45.0. The summed E-state index contributed by atoms with van der Waals surface area (Å²) in [5.41, 5.74) is 9.43. The van der Waals surface area contributed by atoms with E-state index in [1.807, 2.05) is 0 Å². The third-order valence-corrected chi connectivity index (χ3v) is 17.6. The lowest BCUT2D eigenvalue weighted by Gasteiger charge is -2.60. The number of nitrogens with zero attached hydrogens (tertiary/aromatic N) is 1. The number of hydrogen-bond donors (Lipinski definition) is 1. The fourth-order valence-corrected chi connectivity index (χ4v) is 13.5. The second kappa shape index (κ2) is 27.4. The number of rotatable bonds is 30. The molecule has 1 saturated heterocycles. The van der Waals surface area contributed by atoms with E-state index < -0.39 is 6.16 Å². The van der Waals surface area contributed by atoms with Crippen molar-refractivity contribution in [1.29, 1.82) is 0 Å². The molecule has 0 radical (unpaired) electrons. The van der Waals surface area contributed by atoms with Crippen LogP contribution in [-0.4, -0.2) is 74.9 Å². The van der Waals surface area contributed by atoms with Crippen molar-refractivity contribution in [3.63, 3.8) is 0 Å². The molecule has 0 aromatic carbocycles. The van der Waals surface area contributed by atoms with Crippen LogP contribution in [0.15, 0.2) is 23.8 Å². The van der Waals surface area contributed by atoms with Crippen LogP contribution in [0, 0.1) is 40.4 Å². The molecule has 9 atom stereocenters. The molecule has 4 fully saturated rings. The maximum Gasteiger partial charge on any atom is 0.508 e. The van der Waals surface area contributed by atoms with Gasteiger partial charge in [0.15, 0.2) is 0 Å². The van der Waals surface area contributed by atoms with Crippen LogP contribution in [0.4, 0.5) is 4.79 Å². The number of unbranched alkanes of at least 4 members (excludes halogenated alkanes) is 12. The van der Waals surface area contributed by atoms with Crippen LogP contribution in [0.2, 0.25) is 0 Å². The topological polar surface area (TPSA) is 83.2 Å². The molecule has 4 aliphatic carbocycles. The highest BCUT2D eigenvalue weighted by atomic mass is 16.7. The van der Waals surface area contributed by atoms with Crippen LogP contribution >= 0.6 is 0 Å². The number of carbonyl (C=O) groups excluding carboxylic acids is 1. The smallest absolute Gasteiger partial charge is 0.432 e. The molecule has 5 aliphatic rings. The van der Waals surface area contributed by atoms with E-state index in [1.54, 1.807) is 0 Å². The second-order valence-corrected chi connectivity index (χ2v) is 22.5. The number of nitrogens with two attached hydrogens (primary N) is 1. The summed E-state index contributed by atoms with van der Waals surface area (Å²) < 4.78 is 24.1. The molecule has 0 aromatic rings. The fourth-order valence-electron chi connectivity index (χ4n) is 13.5. The SMILES string of the molecule is CCCCCCCC/C=C\CCCCCCCCOCC(CN1CCCCC1)OCCOC(=O)OC1CC[C@@]2(C)C(=CC[C@@H]3[C@@H]2CC[C@@]2(C)[C@H]3CC[C@]2(N)C(C)CCCC(C)C)C1. The molecule has 0 aromatic heterocycles. The molecule has 63 heavy (non-hydrogen) atoms. The number of allylic oxidation sites excluding steroid dienone is 3. The first-order valence-electron chi connectivity index (χ1n) is 27.4. The van der Waals surface area contributed by atoms with E-state index in [0.29, 0.717) is 36.9 Å². The lowest BCUT2D eigenvalue weighted by molar-refractivity contribution is -0.0716. The van der Waals surface area contributed by atoms with Gasteiger partial charge in [0.05, 0.1) is 19.3 Å². The summed E-state index contributed by atoms with van der Waals surface area (Å²) in [5, 5.41) is 0. The van der Waals surface area contributed by atoms with Crippen LogP contribution in [0.1, 0.15) is 221 Å². The van der Waals surface area contributed by atoms with E-state index in [1.165, 1.54) is 153 Å². The number of carbonyl (C=O) groups is 1. The Morgan fingerprint density at radius 2 is 1.48 bits per heavy atom. The van der Waals surface area contributed by atoms with Crippen molar-refractivity contribution in [3.05, 3.63) is 23.8 Å². The summed E-state index contributed by atoms with van der Waals surface area (Å²) in [7, 11) is 0. The first-order valence-corrected chi connectivity index (χ1v) is 27.4. The molecule has 7 nitrogen and oxygen atoms in total. The number of likely N-dealkylation sites (tertiary alicyclic amines) is 1. The minimum atomic E-state index is -0.550. The summed E-state index contributed by atoms with van der Waals surface area (Å²) in [5.74, 6) is 3.47. The molecule has 364 valence electrons. The fraction of sp³-hybridized carbons (Fsp3) is 0.911. The Kier molecular flexibility index (Phi) is 22.9. The zero-order valence-electron chi connectivity index (χ0n) is 42.1. The van der Waals surface area contributed by atoms with Gasteiger partial charge in [-0.1, -0.05) is 142 Å². The number of hydrogen-bond acceptors (Lipinski definition) is 7. The molecular formula is C56H100N2O5. The van der Waals surface area contributed by atoms with Gasteiger partial charge < -0.3 is 29.6 Å². The Labute approximate surface area is 388 Å². The molecule has 0 bridgehead atoms. The van der Waals surface area contributed by atoms with Crippen molar-refractivity contribution in [3.8, 4) is 0 Å². The quantitative estimate of drug-likeness (QED) is 0.0437. The Morgan fingerprint density at radius 1 is 0.794 bits per heavy atom. The Hall–Kier alpha value is -1.41. The minimum Gasteiger partial charge on any atom is -0.432 e. The van der Waals surface area contributed by atoms with E-state index in [0.717, 1.165) is 64.3 Å². The van der Waals surface area contributed by atoms with E-state index in [4.69, 9.17) is 24.7 Å². The maximum atomic E-state index is 13.0. The monoisotopic (exact) mass is 881 g/mol. The Morgan fingerprint density at radius 3 is 2.19 bits per heavy atom. The average Bonchev–Trinajstić information content (AvgIpc) is 3.55. The predicted octanol–water partition coefficient (Wildman–Crippen LogP) is 14.6. The van der Waals surface area contributed by atoms with Crippen molar-refractivity contribution in [1.82, 2.24) is 4.90 Å². The van der Waals surface area contributed by atoms with Gasteiger partial charge in [0.25, 0.3) is 0 Å². The highest BCUT2D eigenvalue weighted by molar-refractivity contribution is 5.60. The van der Waals surface area contributed by atoms with E-state index in [2.05, 4.69) is 64.7 Å². The Bertz CT molecular complexity index is 1340. The lowest BCUT2D eigenvalue weighted by Crippen LogP contribution is -2.60. The first-order chi connectivity index (χ1) is 30.5. The van der Waals surface area contributed by atoms with E-state index in [9.17, 15) is 4.79 Å². The summed E-state index contributed by atoms with van der Waals surface area (Å²) in [6.07, 6.45) is 41.8. The largest absolute Gasteiger partial charge is 0.508 e. The molecule has 7 heteroatoms. The summed E-state index contributed by atoms with van der Waals surface area (Å²) >= 11 is 0. The lowest BCUT2D eigenvalue weighted by atomic mass is 9.46. The van der Waals surface area contributed by atoms with Crippen LogP contribution in [-0.2, 0) is 18.9 Å². The Balaban J connectivity index is 0.957. The summed E-state index contributed by atoms with van der Waals surface area (Å²) in [6.45, 7) is 19.6. The average molecular weight is 881 g/mol. The number of piperidine rings is 1. The molecule has 1 aliphatic heterocycles. The molecule has 3 unspecified atom stereocenters. The van der Waals surface area contributed by atoms with Gasteiger partial charge >= 0.3 is 6.16 Å². The van der Waals surface area contributed by atoms with Gasteiger partial charge in [0.1, 0.15) is 12.7 Å². The number of ether oxygens (including phenoxy) is 4. The van der Waals surface area contributed by atoms with E-state index in [-0.39, 0.29) is 35.2 Å². The molecule has 5 rings (SSSR count). The molecule has 2 N–H and O–H groups in total. The maximum absolute atomic E-state index is 13.0. The minimum absolute atomic E-state index is 0.0174. The van der Waals surface area contributed by atoms with Gasteiger partial charge in [-0.05, 0) is 150 Å². The first kappa shape index (κ1) is 52.6. The van der Waals surface area contributed by atoms with Crippen LogP contribution in [0.3, 0.4) is 0 Å². The van der Waals surface area contributed by atoms with Gasteiger partial charge in [-0.25, -0.2) is 4.79 Å². The van der Waals surface area contributed by atoms with Crippen molar-refractivity contribution in [2.24, 2.45) is 46.2 Å². The normalized spacial score (nSPS) is 30.8. The van der Waals surface area contributed by atoms with Crippen molar-refractivity contribution < 1.29 is 23.7 Å². The molecule has 0 amide bonds. The van der Waals surface area contributed by atoms with Gasteiger partial charge in [-0.2, -0.15) is 0 Å². The van der Waals surface area contributed by atoms with Gasteiger partial charge in [0, 0.05) is 25.1 Å². The third-order valence-electron chi connectivity index (χ3n) is 17.6. The van der Waals surface area contributed by atoms with Crippen molar-refractivity contribution >= 4 is 6.16 Å². The highest BCUT2D eigenvalue weighted by Gasteiger charge is 2.63.